The molecule has 1 aromatic carbocycles. The van der Waals surface area contributed by atoms with Crippen LogP contribution in [0.1, 0.15) is 32.3 Å². The lowest BCUT2D eigenvalue weighted by Gasteiger charge is -2.34. The normalized spacial score (nSPS) is 16.9. The number of nitrogens with one attached hydrogen (secondary N) is 1. The SMILES string of the molecule is CN(CC(C)(C)O)C(=O)NC1CCN(Cc2ccc(F)cc2)CC1. The van der Waals surface area contributed by atoms with Gasteiger partial charge >= 0.3 is 6.03 Å². The van der Waals surface area contributed by atoms with Crippen LogP contribution in [0.5, 0.6) is 0 Å². The van der Waals surface area contributed by atoms with Crippen LogP contribution in [-0.4, -0.2) is 59.3 Å². The molecule has 1 fully saturated rings. The zero-order chi connectivity index (χ0) is 17.7. The Balaban J connectivity index is 1.74. The van der Waals surface area contributed by atoms with E-state index < -0.39 is 5.60 Å². The van der Waals surface area contributed by atoms with E-state index in [-0.39, 0.29) is 17.9 Å². The maximum atomic E-state index is 12.9. The molecule has 0 radical (unpaired) electrons. The van der Waals surface area contributed by atoms with Crippen molar-refractivity contribution >= 4 is 6.03 Å². The largest absolute Gasteiger partial charge is 0.389 e. The molecule has 24 heavy (non-hydrogen) atoms. The van der Waals surface area contributed by atoms with Crippen LogP contribution in [0.15, 0.2) is 24.3 Å². The van der Waals surface area contributed by atoms with E-state index in [0.717, 1.165) is 38.0 Å². The summed E-state index contributed by atoms with van der Waals surface area (Å²) in [6.07, 6.45) is 1.78. The molecule has 1 aliphatic heterocycles. The number of rotatable bonds is 5. The molecule has 134 valence electrons. The highest BCUT2D eigenvalue weighted by Gasteiger charge is 2.24. The Hall–Kier alpha value is -1.66. The molecule has 5 nitrogen and oxygen atoms in total. The summed E-state index contributed by atoms with van der Waals surface area (Å²) in [4.78, 5) is 16.0. The summed E-state index contributed by atoms with van der Waals surface area (Å²) < 4.78 is 12.9. The molecule has 1 aliphatic rings. The molecule has 2 rings (SSSR count). The van der Waals surface area contributed by atoms with Gasteiger partial charge in [-0.2, -0.15) is 0 Å². The molecule has 2 N–H and O–H groups in total. The molecular weight excluding hydrogens is 309 g/mol. The summed E-state index contributed by atoms with van der Waals surface area (Å²) in [6, 6.07) is 6.62. The van der Waals surface area contributed by atoms with Gasteiger partial charge in [0.2, 0.25) is 0 Å². The van der Waals surface area contributed by atoms with Crippen molar-refractivity contribution in [2.75, 3.05) is 26.7 Å². The van der Waals surface area contributed by atoms with Gasteiger partial charge in [-0.05, 0) is 44.4 Å². The second kappa shape index (κ2) is 7.94. The summed E-state index contributed by atoms with van der Waals surface area (Å²) in [6.45, 7) is 6.27. The fourth-order valence-electron chi connectivity index (χ4n) is 3.02. The number of carbonyl (C=O) groups is 1. The number of hydrogen-bond donors (Lipinski definition) is 2. The summed E-state index contributed by atoms with van der Waals surface area (Å²) in [5.41, 5.74) is 0.203. The van der Waals surface area contributed by atoms with Crippen molar-refractivity contribution in [2.45, 2.75) is 44.9 Å². The van der Waals surface area contributed by atoms with Gasteiger partial charge in [-0.1, -0.05) is 12.1 Å². The van der Waals surface area contributed by atoms with Gasteiger partial charge in [-0.15, -0.1) is 0 Å². The Kier molecular flexibility index (Phi) is 6.18. The molecule has 1 heterocycles. The predicted molar refractivity (Wildman–Crippen MR) is 92.2 cm³/mol. The van der Waals surface area contributed by atoms with Crippen LogP contribution in [0.25, 0.3) is 0 Å². The van der Waals surface area contributed by atoms with E-state index in [4.69, 9.17) is 0 Å². The zero-order valence-electron chi connectivity index (χ0n) is 14.8. The molecule has 2 amide bonds. The topological polar surface area (TPSA) is 55.8 Å². The minimum atomic E-state index is -0.898. The average molecular weight is 337 g/mol. The van der Waals surface area contributed by atoms with Crippen LogP contribution in [0, 0.1) is 5.82 Å². The van der Waals surface area contributed by atoms with E-state index in [2.05, 4.69) is 10.2 Å². The van der Waals surface area contributed by atoms with Gasteiger partial charge in [0.15, 0.2) is 0 Å². The number of hydrogen-bond acceptors (Lipinski definition) is 3. The molecule has 0 bridgehead atoms. The van der Waals surface area contributed by atoms with E-state index in [1.54, 1.807) is 20.9 Å². The number of aliphatic hydroxyl groups is 1. The van der Waals surface area contributed by atoms with E-state index in [9.17, 15) is 14.3 Å². The minimum absolute atomic E-state index is 0.144. The monoisotopic (exact) mass is 337 g/mol. The first-order chi connectivity index (χ1) is 11.2. The van der Waals surface area contributed by atoms with Crippen molar-refractivity contribution in [1.29, 1.82) is 0 Å². The molecular formula is C18H28FN3O2. The summed E-state index contributed by atoms with van der Waals surface area (Å²) in [5, 5.41) is 12.8. The fraction of sp³-hybridized carbons (Fsp3) is 0.611. The molecule has 1 aromatic rings. The molecule has 0 spiro atoms. The first-order valence-corrected chi connectivity index (χ1v) is 8.44. The van der Waals surface area contributed by atoms with Crippen molar-refractivity contribution in [3.05, 3.63) is 35.6 Å². The number of amides is 2. The maximum absolute atomic E-state index is 12.9. The number of benzene rings is 1. The highest BCUT2D eigenvalue weighted by Crippen LogP contribution is 2.15. The third kappa shape index (κ3) is 6.09. The number of likely N-dealkylation sites (tertiary alicyclic amines) is 1. The van der Waals surface area contributed by atoms with E-state index in [0.29, 0.717) is 6.54 Å². The summed E-state index contributed by atoms with van der Waals surface area (Å²) in [7, 11) is 1.69. The van der Waals surface area contributed by atoms with Gasteiger partial charge in [-0.25, -0.2) is 9.18 Å². The van der Waals surface area contributed by atoms with Crippen molar-refractivity contribution in [3.8, 4) is 0 Å². The molecule has 1 saturated heterocycles. The van der Waals surface area contributed by atoms with Crippen molar-refractivity contribution < 1.29 is 14.3 Å². The van der Waals surface area contributed by atoms with Gasteiger partial charge in [-0.3, -0.25) is 4.90 Å². The molecule has 0 aliphatic carbocycles. The molecule has 0 aromatic heterocycles. The minimum Gasteiger partial charge on any atom is -0.389 e. The number of urea groups is 1. The van der Waals surface area contributed by atoms with Crippen LogP contribution in [0.3, 0.4) is 0 Å². The standard InChI is InChI=1S/C18H28FN3O2/c1-18(2,24)13-21(3)17(23)20-16-8-10-22(11-9-16)12-14-4-6-15(19)7-5-14/h4-7,16,24H,8-13H2,1-3H3,(H,20,23). The van der Waals surface area contributed by atoms with E-state index >= 15 is 0 Å². The fourth-order valence-corrected chi connectivity index (χ4v) is 3.02. The Morgan fingerprint density at radius 3 is 2.46 bits per heavy atom. The second-order valence-corrected chi connectivity index (χ2v) is 7.29. The predicted octanol–water partition coefficient (Wildman–Crippen LogP) is 2.20. The lowest BCUT2D eigenvalue weighted by Crippen LogP contribution is -2.50. The Morgan fingerprint density at radius 1 is 1.33 bits per heavy atom. The van der Waals surface area contributed by atoms with Crippen molar-refractivity contribution in [2.24, 2.45) is 0 Å². The Bertz CT molecular complexity index is 534. The number of halogens is 1. The first-order valence-electron chi connectivity index (χ1n) is 8.44. The molecule has 0 saturated carbocycles. The zero-order valence-corrected chi connectivity index (χ0v) is 14.8. The number of nitrogens with zero attached hydrogens (tertiary/aromatic N) is 2. The van der Waals surface area contributed by atoms with Gasteiger partial charge in [0.25, 0.3) is 0 Å². The van der Waals surface area contributed by atoms with Crippen LogP contribution >= 0.6 is 0 Å². The first kappa shape index (κ1) is 18.7. The second-order valence-electron chi connectivity index (χ2n) is 7.29. The molecule has 6 heteroatoms. The lowest BCUT2D eigenvalue weighted by atomic mass is 10.0. The van der Waals surface area contributed by atoms with Crippen LogP contribution < -0.4 is 5.32 Å². The third-order valence-electron chi connectivity index (χ3n) is 4.21. The van der Waals surface area contributed by atoms with Gasteiger partial charge in [0.05, 0.1) is 12.1 Å². The highest BCUT2D eigenvalue weighted by atomic mass is 19.1. The van der Waals surface area contributed by atoms with Gasteiger partial charge in [0.1, 0.15) is 5.82 Å². The highest BCUT2D eigenvalue weighted by molar-refractivity contribution is 5.74. The number of carbonyl (C=O) groups excluding carboxylic acids is 1. The van der Waals surface area contributed by atoms with Crippen LogP contribution in [0.2, 0.25) is 0 Å². The van der Waals surface area contributed by atoms with E-state index in [1.165, 1.54) is 17.0 Å². The Labute approximate surface area is 143 Å². The van der Waals surface area contributed by atoms with Crippen LogP contribution in [-0.2, 0) is 6.54 Å². The smallest absolute Gasteiger partial charge is 0.317 e. The van der Waals surface area contributed by atoms with Gasteiger partial charge < -0.3 is 15.3 Å². The summed E-state index contributed by atoms with van der Waals surface area (Å²) >= 11 is 0. The number of likely N-dealkylation sites (N-methyl/N-ethyl adjacent to an activating group) is 1. The van der Waals surface area contributed by atoms with Crippen LogP contribution in [0.4, 0.5) is 9.18 Å². The van der Waals surface area contributed by atoms with E-state index in [1.807, 2.05) is 12.1 Å². The molecule has 0 unspecified atom stereocenters. The maximum Gasteiger partial charge on any atom is 0.317 e. The lowest BCUT2D eigenvalue weighted by molar-refractivity contribution is 0.0522. The Morgan fingerprint density at radius 2 is 1.92 bits per heavy atom. The van der Waals surface area contributed by atoms with Crippen molar-refractivity contribution in [1.82, 2.24) is 15.1 Å². The third-order valence-corrected chi connectivity index (χ3v) is 4.21. The quantitative estimate of drug-likeness (QED) is 0.866. The average Bonchev–Trinajstić information content (AvgIpc) is 2.50. The molecule has 0 atom stereocenters. The van der Waals surface area contributed by atoms with Gasteiger partial charge in [0, 0.05) is 32.7 Å². The van der Waals surface area contributed by atoms with Crippen molar-refractivity contribution in [3.63, 3.8) is 0 Å². The number of piperidine rings is 1. The summed E-state index contributed by atoms with van der Waals surface area (Å²) in [5.74, 6) is -0.213.